The third-order valence-electron chi connectivity index (χ3n) is 3.02. The molecule has 0 atom stereocenters. The van der Waals surface area contributed by atoms with Crippen LogP contribution in [0, 0.1) is 0 Å². The lowest BCUT2D eigenvalue weighted by molar-refractivity contribution is 0.0656. The Kier molecular flexibility index (Phi) is 4.01. The zero-order valence-corrected chi connectivity index (χ0v) is 11.6. The van der Waals surface area contributed by atoms with Gasteiger partial charge in [0.2, 0.25) is 0 Å². The molecule has 2 aromatic rings. The van der Waals surface area contributed by atoms with Crippen LogP contribution in [-0.4, -0.2) is 34.9 Å². The first-order chi connectivity index (χ1) is 8.64. The molecule has 0 aromatic carbocycles. The summed E-state index contributed by atoms with van der Waals surface area (Å²) in [4.78, 5) is 12.7. The topological polar surface area (TPSA) is 69.6 Å². The molecule has 4 nitrogen and oxygen atoms in total. The summed E-state index contributed by atoms with van der Waals surface area (Å²) in [6.07, 6.45) is 0.478. The molecule has 0 spiro atoms. The van der Waals surface area contributed by atoms with Gasteiger partial charge < -0.3 is 15.5 Å². The first-order valence-corrected chi connectivity index (χ1v) is 7.35. The Morgan fingerprint density at radius 2 is 2.11 bits per heavy atom. The van der Waals surface area contributed by atoms with E-state index < -0.39 is 5.54 Å². The van der Waals surface area contributed by atoms with Crippen molar-refractivity contribution in [3.05, 3.63) is 22.4 Å². The number of fused-ring (bicyclic) bond motifs is 1. The number of thiophene rings is 2. The first kappa shape index (κ1) is 13.5. The number of hydrogen-bond acceptors (Lipinski definition) is 5. The molecule has 18 heavy (non-hydrogen) atoms. The molecule has 0 aliphatic carbocycles. The van der Waals surface area contributed by atoms with Crippen molar-refractivity contribution in [1.82, 2.24) is 5.32 Å². The number of rotatable bonds is 5. The smallest absolute Gasteiger partial charge is 0.262 e. The van der Waals surface area contributed by atoms with Gasteiger partial charge in [-0.3, -0.25) is 4.79 Å². The Hall–Kier alpha value is -0.950. The van der Waals surface area contributed by atoms with Gasteiger partial charge in [0.05, 0.1) is 23.6 Å². The molecule has 98 valence electrons. The highest BCUT2D eigenvalue weighted by molar-refractivity contribution is 7.27. The predicted octanol–water partition coefficient (Wildman–Crippen LogP) is 1.83. The van der Waals surface area contributed by atoms with E-state index in [4.69, 9.17) is 0 Å². The third-order valence-corrected chi connectivity index (χ3v) is 5.12. The van der Waals surface area contributed by atoms with E-state index in [-0.39, 0.29) is 19.1 Å². The summed E-state index contributed by atoms with van der Waals surface area (Å²) in [6, 6.07) is 3.82. The monoisotopic (exact) mass is 285 g/mol. The Labute approximate surface area is 113 Å². The Morgan fingerprint density at radius 3 is 2.67 bits per heavy atom. The maximum atomic E-state index is 12.1. The molecule has 0 saturated carbocycles. The van der Waals surface area contributed by atoms with Crippen molar-refractivity contribution in [3.63, 3.8) is 0 Å². The number of carbonyl (C=O) groups is 1. The lowest BCUT2D eigenvalue weighted by Gasteiger charge is -2.29. The molecule has 0 aliphatic rings. The average Bonchev–Trinajstić information content (AvgIpc) is 2.96. The van der Waals surface area contributed by atoms with Crippen molar-refractivity contribution in [3.8, 4) is 0 Å². The van der Waals surface area contributed by atoms with Crippen molar-refractivity contribution in [1.29, 1.82) is 0 Å². The molecule has 0 unspecified atom stereocenters. The van der Waals surface area contributed by atoms with Crippen LogP contribution >= 0.6 is 22.7 Å². The Morgan fingerprint density at radius 1 is 1.39 bits per heavy atom. The van der Waals surface area contributed by atoms with E-state index in [2.05, 4.69) is 5.32 Å². The first-order valence-electron chi connectivity index (χ1n) is 5.65. The molecule has 2 heterocycles. The van der Waals surface area contributed by atoms with Gasteiger partial charge in [-0.15, -0.1) is 22.7 Å². The zero-order chi connectivity index (χ0) is 13.2. The van der Waals surface area contributed by atoms with Gasteiger partial charge in [0, 0.05) is 9.40 Å². The molecule has 2 aromatic heterocycles. The minimum absolute atomic E-state index is 0.242. The lowest BCUT2D eigenvalue weighted by atomic mass is 9.98. The summed E-state index contributed by atoms with van der Waals surface area (Å²) in [7, 11) is 0. The van der Waals surface area contributed by atoms with Gasteiger partial charge in [0.1, 0.15) is 0 Å². The van der Waals surface area contributed by atoms with Gasteiger partial charge in [0.15, 0.2) is 0 Å². The van der Waals surface area contributed by atoms with Crippen LogP contribution in [0.2, 0.25) is 0 Å². The second kappa shape index (κ2) is 5.36. The summed E-state index contributed by atoms with van der Waals surface area (Å²) in [5, 5.41) is 23.3. The molecule has 0 fully saturated rings. The van der Waals surface area contributed by atoms with Crippen LogP contribution in [0.4, 0.5) is 0 Å². The highest BCUT2D eigenvalue weighted by atomic mass is 32.1. The fourth-order valence-electron chi connectivity index (χ4n) is 1.62. The molecule has 1 amide bonds. The second-order valence-corrected chi connectivity index (χ2v) is 6.20. The minimum atomic E-state index is -0.936. The van der Waals surface area contributed by atoms with Crippen molar-refractivity contribution in [2.45, 2.75) is 18.9 Å². The number of amides is 1. The lowest BCUT2D eigenvalue weighted by Crippen LogP contribution is -2.53. The molecular formula is C12H15NO3S2. The van der Waals surface area contributed by atoms with E-state index >= 15 is 0 Å². The summed E-state index contributed by atoms with van der Waals surface area (Å²) in [5.41, 5.74) is -0.936. The second-order valence-electron chi connectivity index (χ2n) is 4.16. The van der Waals surface area contributed by atoms with Gasteiger partial charge in [0.25, 0.3) is 5.91 Å². The third kappa shape index (κ3) is 2.42. The number of aliphatic hydroxyl groups excluding tert-OH is 2. The van der Waals surface area contributed by atoms with Crippen LogP contribution in [0.3, 0.4) is 0 Å². The standard InChI is InChI=1S/C12H15NO3S2/c1-2-12(6-14,7-15)13-11(16)10-5-9-8(18-10)3-4-17-9/h3-5,14-15H,2,6-7H2,1H3,(H,13,16). The normalized spacial score (nSPS) is 11.9. The largest absolute Gasteiger partial charge is 0.394 e. The minimum Gasteiger partial charge on any atom is -0.394 e. The van der Waals surface area contributed by atoms with Crippen molar-refractivity contribution in [2.75, 3.05) is 13.2 Å². The van der Waals surface area contributed by atoms with Gasteiger partial charge >= 0.3 is 0 Å². The zero-order valence-electron chi connectivity index (χ0n) is 9.97. The van der Waals surface area contributed by atoms with Crippen molar-refractivity contribution >= 4 is 38.0 Å². The molecule has 0 aliphatic heterocycles. The van der Waals surface area contributed by atoms with Crippen LogP contribution in [0.25, 0.3) is 9.40 Å². The van der Waals surface area contributed by atoms with E-state index in [1.54, 1.807) is 11.3 Å². The van der Waals surface area contributed by atoms with Crippen LogP contribution in [-0.2, 0) is 0 Å². The summed E-state index contributed by atoms with van der Waals surface area (Å²) in [5.74, 6) is -0.242. The molecule has 3 N–H and O–H groups in total. The summed E-state index contributed by atoms with van der Waals surface area (Å²) >= 11 is 3.01. The van der Waals surface area contributed by atoms with Crippen LogP contribution in [0.5, 0.6) is 0 Å². The SMILES string of the molecule is CCC(CO)(CO)NC(=O)c1cc2sccc2s1. The van der Waals surface area contributed by atoms with E-state index in [1.165, 1.54) is 11.3 Å². The van der Waals surface area contributed by atoms with E-state index in [1.807, 2.05) is 24.4 Å². The summed E-state index contributed by atoms with van der Waals surface area (Å²) in [6.45, 7) is 1.27. The Balaban J connectivity index is 2.19. The average molecular weight is 285 g/mol. The number of nitrogens with one attached hydrogen (secondary N) is 1. The van der Waals surface area contributed by atoms with E-state index in [0.717, 1.165) is 9.40 Å². The van der Waals surface area contributed by atoms with Crippen molar-refractivity contribution in [2.24, 2.45) is 0 Å². The predicted molar refractivity (Wildman–Crippen MR) is 74.4 cm³/mol. The fraction of sp³-hybridized carbons (Fsp3) is 0.417. The molecule has 0 bridgehead atoms. The maximum Gasteiger partial charge on any atom is 0.262 e. The molecule has 2 rings (SSSR count). The van der Waals surface area contributed by atoms with Gasteiger partial charge in [-0.1, -0.05) is 6.92 Å². The van der Waals surface area contributed by atoms with Crippen LogP contribution in [0.15, 0.2) is 17.5 Å². The maximum absolute atomic E-state index is 12.1. The molecular weight excluding hydrogens is 270 g/mol. The van der Waals surface area contributed by atoms with Gasteiger partial charge in [-0.2, -0.15) is 0 Å². The van der Waals surface area contributed by atoms with Crippen molar-refractivity contribution < 1.29 is 15.0 Å². The summed E-state index contributed by atoms with van der Waals surface area (Å²) < 4.78 is 2.17. The fourth-order valence-corrected chi connectivity index (χ4v) is 3.63. The van der Waals surface area contributed by atoms with Crippen LogP contribution in [0.1, 0.15) is 23.0 Å². The van der Waals surface area contributed by atoms with Gasteiger partial charge in [-0.05, 0) is 23.9 Å². The number of hydrogen-bond donors (Lipinski definition) is 3. The number of carbonyl (C=O) groups excluding carboxylic acids is 1. The number of aliphatic hydroxyl groups is 2. The Bertz CT molecular complexity index is 505. The molecule has 0 saturated heterocycles. The van der Waals surface area contributed by atoms with Gasteiger partial charge in [-0.25, -0.2) is 0 Å². The van der Waals surface area contributed by atoms with E-state index in [0.29, 0.717) is 11.3 Å². The highest BCUT2D eigenvalue weighted by Gasteiger charge is 2.29. The molecule has 0 radical (unpaired) electrons. The van der Waals surface area contributed by atoms with Crippen LogP contribution < -0.4 is 5.32 Å². The molecule has 6 heteroatoms. The quantitative estimate of drug-likeness (QED) is 0.785. The van der Waals surface area contributed by atoms with E-state index in [9.17, 15) is 15.0 Å². The highest BCUT2D eigenvalue weighted by Crippen LogP contribution is 2.30.